The van der Waals surface area contributed by atoms with Crippen LogP contribution in [0.25, 0.3) is 11.4 Å². The van der Waals surface area contributed by atoms with Crippen LogP contribution in [0.2, 0.25) is 0 Å². The van der Waals surface area contributed by atoms with Gasteiger partial charge in [0.25, 0.3) is 0 Å². The number of carbonyl (C=O) groups is 2. The van der Waals surface area contributed by atoms with Gasteiger partial charge >= 0.3 is 0 Å². The van der Waals surface area contributed by atoms with Crippen molar-refractivity contribution < 1.29 is 18.4 Å². The average molecular weight is 455 g/mol. The number of aromatic nitrogens is 4. The first-order valence-electron chi connectivity index (χ1n) is 10.5. The molecule has 1 saturated heterocycles. The number of tetrazole rings is 1. The zero-order valence-corrected chi connectivity index (χ0v) is 18.0. The van der Waals surface area contributed by atoms with E-state index in [1.807, 2.05) is 4.90 Å². The lowest BCUT2D eigenvalue weighted by Gasteiger charge is -2.34. The Morgan fingerprint density at radius 1 is 1.00 bits per heavy atom. The summed E-state index contributed by atoms with van der Waals surface area (Å²) in [6.45, 7) is 3.82. The van der Waals surface area contributed by atoms with E-state index >= 15 is 0 Å². The Hall–Kier alpha value is -3.73. The van der Waals surface area contributed by atoms with Crippen LogP contribution in [0.1, 0.15) is 5.56 Å². The van der Waals surface area contributed by atoms with E-state index in [1.165, 1.54) is 35.1 Å². The first kappa shape index (κ1) is 22.5. The van der Waals surface area contributed by atoms with Gasteiger partial charge < -0.3 is 10.2 Å². The molecule has 3 aromatic rings. The topological polar surface area (TPSA) is 96.3 Å². The van der Waals surface area contributed by atoms with Gasteiger partial charge in [-0.1, -0.05) is 0 Å². The van der Waals surface area contributed by atoms with Crippen LogP contribution in [0.4, 0.5) is 14.5 Å². The third kappa shape index (κ3) is 5.75. The highest BCUT2D eigenvalue weighted by Gasteiger charge is 2.23. The lowest BCUT2D eigenvalue weighted by Crippen LogP contribution is -2.51. The zero-order valence-electron chi connectivity index (χ0n) is 18.0. The van der Waals surface area contributed by atoms with E-state index in [4.69, 9.17) is 0 Å². The van der Waals surface area contributed by atoms with Gasteiger partial charge in [-0.25, -0.2) is 8.78 Å². The van der Waals surface area contributed by atoms with Crippen molar-refractivity contribution in [2.75, 3.05) is 38.0 Å². The van der Waals surface area contributed by atoms with E-state index in [0.29, 0.717) is 48.8 Å². The molecule has 2 amide bonds. The molecule has 0 bridgehead atoms. The molecule has 2 aromatic carbocycles. The highest BCUT2D eigenvalue weighted by atomic mass is 19.1. The molecule has 1 aliphatic heterocycles. The second-order valence-corrected chi connectivity index (χ2v) is 7.82. The molecule has 9 nitrogen and oxygen atoms in total. The quantitative estimate of drug-likeness (QED) is 0.608. The minimum absolute atomic E-state index is 0.0573. The van der Waals surface area contributed by atoms with Crippen molar-refractivity contribution in [3.8, 4) is 11.4 Å². The number of amides is 2. The maximum atomic E-state index is 13.5. The van der Waals surface area contributed by atoms with Crippen molar-refractivity contribution >= 4 is 17.5 Å². The first-order chi connectivity index (χ1) is 15.9. The third-order valence-corrected chi connectivity index (χ3v) is 5.37. The molecule has 1 N–H and O–H groups in total. The maximum Gasteiger partial charge on any atom is 0.246 e. The van der Waals surface area contributed by atoms with E-state index in [1.54, 1.807) is 24.0 Å². The number of benzene rings is 2. The van der Waals surface area contributed by atoms with Crippen LogP contribution in [-0.2, 0) is 16.1 Å². The van der Waals surface area contributed by atoms with Crippen LogP contribution in [0, 0.1) is 18.6 Å². The fraction of sp³-hybridized carbons (Fsp3) is 0.318. The molecule has 4 rings (SSSR count). The third-order valence-electron chi connectivity index (χ3n) is 5.37. The number of halogens is 2. The van der Waals surface area contributed by atoms with Gasteiger partial charge in [-0.2, -0.15) is 4.80 Å². The predicted octanol–water partition coefficient (Wildman–Crippen LogP) is 1.71. The second-order valence-electron chi connectivity index (χ2n) is 7.82. The summed E-state index contributed by atoms with van der Waals surface area (Å²) in [5.41, 5.74) is 1.63. The van der Waals surface area contributed by atoms with Crippen LogP contribution in [0.15, 0.2) is 42.5 Å². The number of carbonyl (C=O) groups excluding carboxylic acids is 2. The van der Waals surface area contributed by atoms with Crippen LogP contribution in [-0.4, -0.2) is 74.5 Å². The Morgan fingerprint density at radius 3 is 2.42 bits per heavy atom. The van der Waals surface area contributed by atoms with Crippen molar-refractivity contribution in [3.63, 3.8) is 0 Å². The molecule has 1 aliphatic rings. The predicted molar refractivity (Wildman–Crippen MR) is 116 cm³/mol. The van der Waals surface area contributed by atoms with Gasteiger partial charge in [0.05, 0.1) is 6.54 Å². The van der Waals surface area contributed by atoms with E-state index in [0.717, 1.165) is 0 Å². The molecule has 0 saturated carbocycles. The molecule has 0 spiro atoms. The minimum Gasteiger partial charge on any atom is -0.338 e. The van der Waals surface area contributed by atoms with Crippen molar-refractivity contribution in [3.05, 3.63) is 59.7 Å². The molecule has 0 atom stereocenters. The monoisotopic (exact) mass is 455 g/mol. The SMILES string of the molecule is Cc1cc(-c2nnn(CC(=O)N3CCN(CC(=O)Nc4ccc(F)cc4)CC3)n2)ccc1F. The molecule has 1 fully saturated rings. The van der Waals surface area contributed by atoms with Gasteiger partial charge in [-0.15, -0.1) is 10.2 Å². The van der Waals surface area contributed by atoms with Crippen LogP contribution >= 0.6 is 0 Å². The lowest BCUT2D eigenvalue weighted by atomic mass is 10.1. The number of anilines is 1. The molecular weight excluding hydrogens is 432 g/mol. The molecule has 0 aliphatic carbocycles. The van der Waals surface area contributed by atoms with Crippen LogP contribution in [0.5, 0.6) is 0 Å². The van der Waals surface area contributed by atoms with E-state index in [-0.39, 0.29) is 36.5 Å². The Morgan fingerprint density at radius 2 is 1.73 bits per heavy atom. The fourth-order valence-corrected chi connectivity index (χ4v) is 3.52. The summed E-state index contributed by atoms with van der Waals surface area (Å²) in [5.74, 6) is -0.700. The van der Waals surface area contributed by atoms with Crippen molar-refractivity contribution in [2.24, 2.45) is 0 Å². The average Bonchev–Trinajstić information content (AvgIpc) is 3.26. The summed E-state index contributed by atoms with van der Waals surface area (Å²) in [4.78, 5) is 29.7. The maximum absolute atomic E-state index is 13.5. The number of nitrogens with zero attached hydrogens (tertiary/aromatic N) is 6. The molecule has 0 radical (unpaired) electrons. The summed E-state index contributed by atoms with van der Waals surface area (Å²) in [5, 5.41) is 14.8. The molecule has 172 valence electrons. The molecule has 2 heterocycles. The van der Waals surface area contributed by atoms with Gasteiger partial charge in [0, 0.05) is 37.4 Å². The highest BCUT2D eigenvalue weighted by molar-refractivity contribution is 5.92. The van der Waals surface area contributed by atoms with Crippen LogP contribution < -0.4 is 5.32 Å². The lowest BCUT2D eigenvalue weighted by molar-refractivity contribution is -0.134. The van der Waals surface area contributed by atoms with Gasteiger partial charge in [0.1, 0.15) is 18.2 Å². The Kier molecular flexibility index (Phi) is 6.68. The minimum atomic E-state index is -0.364. The van der Waals surface area contributed by atoms with Gasteiger partial charge in [0.15, 0.2) is 0 Å². The van der Waals surface area contributed by atoms with Gasteiger partial charge in [-0.05, 0) is 60.2 Å². The summed E-state index contributed by atoms with van der Waals surface area (Å²) in [6.07, 6.45) is 0. The number of hydrogen-bond donors (Lipinski definition) is 1. The number of piperazine rings is 1. The Labute approximate surface area is 189 Å². The highest BCUT2D eigenvalue weighted by Crippen LogP contribution is 2.17. The van der Waals surface area contributed by atoms with Gasteiger partial charge in [0.2, 0.25) is 17.6 Å². The smallest absolute Gasteiger partial charge is 0.246 e. The summed E-state index contributed by atoms with van der Waals surface area (Å²) < 4.78 is 26.4. The molecule has 0 unspecified atom stereocenters. The van der Waals surface area contributed by atoms with E-state index in [2.05, 4.69) is 20.7 Å². The number of aryl methyl sites for hydroxylation is 1. The van der Waals surface area contributed by atoms with Crippen LogP contribution in [0.3, 0.4) is 0 Å². The fourth-order valence-electron chi connectivity index (χ4n) is 3.52. The Balaban J connectivity index is 1.25. The molecular formula is C22H23F2N7O2. The molecule has 33 heavy (non-hydrogen) atoms. The van der Waals surface area contributed by atoms with Crippen molar-refractivity contribution in [1.29, 1.82) is 0 Å². The van der Waals surface area contributed by atoms with E-state index in [9.17, 15) is 18.4 Å². The number of nitrogens with one attached hydrogen (secondary N) is 1. The largest absolute Gasteiger partial charge is 0.338 e. The zero-order chi connectivity index (χ0) is 23.4. The first-order valence-corrected chi connectivity index (χ1v) is 10.5. The second kappa shape index (κ2) is 9.82. The normalized spacial score (nSPS) is 14.3. The Bertz CT molecular complexity index is 1140. The summed E-state index contributed by atoms with van der Waals surface area (Å²) >= 11 is 0. The molecule has 1 aromatic heterocycles. The molecule has 11 heteroatoms. The van der Waals surface area contributed by atoms with Crippen molar-refractivity contribution in [1.82, 2.24) is 30.0 Å². The number of rotatable bonds is 6. The number of hydrogen-bond acceptors (Lipinski definition) is 6. The summed E-state index contributed by atoms with van der Waals surface area (Å²) in [7, 11) is 0. The van der Waals surface area contributed by atoms with Crippen molar-refractivity contribution in [2.45, 2.75) is 13.5 Å². The van der Waals surface area contributed by atoms with E-state index < -0.39 is 0 Å². The summed E-state index contributed by atoms with van der Waals surface area (Å²) in [6, 6.07) is 10.1. The van der Waals surface area contributed by atoms with Gasteiger partial charge in [-0.3, -0.25) is 14.5 Å². The standard InChI is InChI=1S/C22H23F2N7O2/c1-15-12-16(2-7-19(15)24)22-26-28-31(27-22)14-21(33)30-10-8-29(9-11-30)13-20(32)25-18-5-3-17(23)4-6-18/h2-7,12H,8-11,13-14H2,1H3,(H,25,32).